The van der Waals surface area contributed by atoms with Gasteiger partial charge in [0.05, 0.1) is 14.2 Å². The Kier molecular flexibility index (Phi) is 2.78. The molecule has 0 aliphatic rings. The van der Waals surface area contributed by atoms with Gasteiger partial charge < -0.3 is 9.47 Å². The Labute approximate surface area is 96.4 Å². The molecule has 0 fully saturated rings. The number of pyridine rings is 1. The van der Waals surface area contributed by atoms with Crippen molar-refractivity contribution in [3.05, 3.63) is 40.4 Å². The average Bonchev–Trinajstić information content (AvgIpc) is 2.37. The maximum atomic E-state index is 12.0. The largest absolute Gasteiger partial charge is 0.489 e. The van der Waals surface area contributed by atoms with Gasteiger partial charge in [0, 0.05) is 6.20 Å². The van der Waals surface area contributed by atoms with Crippen LogP contribution in [0.25, 0.3) is 5.65 Å². The molecule has 88 valence electrons. The summed E-state index contributed by atoms with van der Waals surface area (Å²) in [6.07, 6.45) is 1.55. The van der Waals surface area contributed by atoms with E-state index in [0.29, 0.717) is 5.65 Å². The van der Waals surface area contributed by atoms with Crippen LogP contribution in [0.15, 0.2) is 29.2 Å². The highest BCUT2D eigenvalue weighted by Gasteiger charge is 2.19. The third-order valence-electron chi connectivity index (χ3n) is 2.28. The number of aromatic nitrogens is 2. The Hall–Kier alpha value is -2.37. The van der Waals surface area contributed by atoms with Gasteiger partial charge in [0.2, 0.25) is 5.75 Å². The van der Waals surface area contributed by atoms with Crippen molar-refractivity contribution in [2.75, 3.05) is 14.2 Å². The van der Waals surface area contributed by atoms with Gasteiger partial charge in [0.25, 0.3) is 0 Å². The molecular formula is C11H10N2O4. The summed E-state index contributed by atoms with van der Waals surface area (Å²) in [6.45, 7) is 0. The number of rotatable bonds is 2. The Morgan fingerprint density at radius 3 is 2.76 bits per heavy atom. The zero-order valence-electron chi connectivity index (χ0n) is 9.34. The third kappa shape index (κ3) is 1.73. The second-order valence-electron chi connectivity index (χ2n) is 3.22. The molecule has 2 rings (SSSR count). The van der Waals surface area contributed by atoms with Gasteiger partial charge in [0.15, 0.2) is 5.69 Å². The van der Waals surface area contributed by atoms with Crippen molar-refractivity contribution in [2.24, 2.45) is 0 Å². The van der Waals surface area contributed by atoms with E-state index in [2.05, 4.69) is 9.72 Å². The first-order valence-corrected chi connectivity index (χ1v) is 4.82. The molecule has 0 aromatic carbocycles. The zero-order chi connectivity index (χ0) is 12.4. The predicted octanol–water partition coefficient (Wildman–Crippen LogP) is 0.490. The number of carbonyl (C=O) groups is 1. The third-order valence-corrected chi connectivity index (χ3v) is 2.28. The fraction of sp³-hybridized carbons (Fsp3) is 0.182. The Morgan fingerprint density at radius 1 is 1.35 bits per heavy atom. The van der Waals surface area contributed by atoms with Crippen molar-refractivity contribution in [1.29, 1.82) is 0 Å². The summed E-state index contributed by atoms with van der Waals surface area (Å²) in [5.41, 5.74) is -0.205. The lowest BCUT2D eigenvalue weighted by atomic mass is 10.3. The topological polar surface area (TPSA) is 69.9 Å². The van der Waals surface area contributed by atoms with Crippen LogP contribution < -0.4 is 10.3 Å². The molecule has 0 N–H and O–H groups in total. The molecule has 17 heavy (non-hydrogen) atoms. The van der Waals surface area contributed by atoms with Crippen LogP contribution in [0.1, 0.15) is 10.5 Å². The highest BCUT2D eigenvalue weighted by molar-refractivity contribution is 5.90. The summed E-state index contributed by atoms with van der Waals surface area (Å²) in [6, 6.07) is 5.02. The highest BCUT2D eigenvalue weighted by atomic mass is 16.5. The molecule has 0 spiro atoms. The SMILES string of the molecule is COC(=O)c1nc2ccccn2c(=O)c1OC. The lowest BCUT2D eigenvalue weighted by molar-refractivity contribution is 0.0590. The fourth-order valence-electron chi connectivity index (χ4n) is 1.49. The normalized spacial score (nSPS) is 10.2. The number of ether oxygens (including phenoxy) is 2. The number of fused-ring (bicyclic) bond motifs is 1. The van der Waals surface area contributed by atoms with Crippen LogP contribution in [0.5, 0.6) is 5.75 Å². The zero-order valence-corrected chi connectivity index (χ0v) is 9.34. The number of hydrogen-bond acceptors (Lipinski definition) is 5. The molecule has 2 aromatic rings. The van der Waals surface area contributed by atoms with Crippen LogP contribution in [-0.2, 0) is 4.74 Å². The van der Waals surface area contributed by atoms with Gasteiger partial charge in [-0.25, -0.2) is 9.78 Å². The number of methoxy groups -OCH3 is 2. The molecule has 0 unspecified atom stereocenters. The van der Waals surface area contributed by atoms with Crippen molar-refractivity contribution >= 4 is 11.6 Å². The van der Waals surface area contributed by atoms with Crippen LogP contribution in [0, 0.1) is 0 Å². The summed E-state index contributed by atoms with van der Waals surface area (Å²) >= 11 is 0. The second-order valence-corrected chi connectivity index (χ2v) is 3.22. The molecule has 0 amide bonds. The van der Waals surface area contributed by atoms with Crippen LogP contribution in [0.3, 0.4) is 0 Å². The summed E-state index contributed by atoms with van der Waals surface area (Å²) in [7, 11) is 2.52. The first-order valence-electron chi connectivity index (χ1n) is 4.82. The van der Waals surface area contributed by atoms with Gasteiger partial charge in [-0.15, -0.1) is 0 Å². The maximum Gasteiger partial charge on any atom is 0.360 e. The minimum Gasteiger partial charge on any atom is -0.489 e. The Morgan fingerprint density at radius 2 is 2.12 bits per heavy atom. The molecule has 0 bridgehead atoms. The van der Waals surface area contributed by atoms with Gasteiger partial charge in [-0.3, -0.25) is 9.20 Å². The monoisotopic (exact) mass is 234 g/mol. The minimum absolute atomic E-state index is 0.119. The second kappa shape index (κ2) is 4.25. The minimum atomic E-state index is -0.703. The van der Waals surface area contributed by atoms with Crippen molar-refractivity contribution in [3.63, 3.8) is 0 Å². The average molecular weight is 234 g/mol. The molecule has 0 radical (unpaired) electrons. The van der Waals surface area contributed by atoms with E-state index in [1.165, 1.54) is 18.6 Å². The smallest absolute Gasteiger partial charge is 0.360 e. The van der Waals surface area contributed by atoms with E-state index < -0.39 is 11.5 Å². The van der Waals surface area contributed by atoms with Gasteiger partial charge in [0.1, 0.15) is 5.65 Å². The Balaban J connectivity index is 2.85. The molecule has 0 saturated carbocycles. The first kappa shape index (κ1) is 11.1. The fourth-order valence-corrected chi connectivity index (χ4v) is 1.49. The maximum absolute atomic E-state index is 12.0. The van der Waals surface area contributed by atoms with E-state index in [0.717, 1.165) is 0 Å². The van der Waals surface area contributed by atoms with E-state index in [1.807, 2.05) is 0 Å². The molecule has 0 aliphatic carbocycles. The molecule has 6 nitrogen and oxygen atoms in total. The molecule has 2 heterocycles. The summed E-state index contributed by atoms with van der Waals surface area (Å²) in [4.78, 5) is 27.5. The highest BCUT2D eigenvalue weighted by Crippen LogP contribution is 2.12. The lowest BCUT2D eigenvalue weighted by Gasteiger charge is -2.07. The van der Waals surface area contributed by atoms with E-state index in [4.69, 9.17) is 4.74 Å². The summed E-state index contributed by atoms with van der Waals surface area (Å²) in [5.74, 6) is -0.828. The van der Waals surface area contributed by atoms with E-state index >= 15 is 0 Å². The van der Waals surface area contributed by atoms with Crippen LogP contribution in [0.2, 0.25) is 0 Å². The van der Waals surface area contributed by atoms with Gasteiger partial charge in [-0.2, -0.15) is 0 Å². The van der Waals surface area contributed by atoms with E-state index in [9.17, 15) is 9.59 Å². The van der Waals surface area contributed by atoms with Crippen molar-refractivity contribution in [1.82, 2.24) is 9.38 Å². The summed E-state index contributed by atoms with van der Waals surface area (Å²) in [5, 5.41) is 0. The van der Waals surface area contributed by atoms with Gasteiger partial charge >= 0.3 is 11.5 Å². The first-order chi connectivity index (χ1) is 8.19. The molecular weight excluding hydrogens is 224 g/mol. The molecule has 0 aliphatic heterocycles. The standard InChI is InChI=1S/C11H10N2O4/c1-16-9-8(11(15)17-2)12-7-5-3-4-6-13(7)10(9)14/h3-6H,1-2H3. The van der Waals surface area contributed by atoms with Crippen molar-refractivity contribution in [3.8, 4) is 5.75 Å². The van der Waals surface area contributed by atoms with Crippen molar-refractivity contribution in [2.45, 2.75) is 0 Å². The summed E-state index contributed by atoms with van der Waals surface area (Å²) < 4.78 is 10.8. The van der Waals surface area contributed by atoms with Gasteiger partial charge in [-0.1, -0.05) is 6.07 Å². The Bertz CT molecular complexity index is 633. The van der Waals surface area contributed by atoms with E-state index in [1.54, 1.807) is 24.4 Å². The van der Waals surface area contributed by atoms with Gasteiger partial charge in [-0.05, 0) is 12.1 Å². The lowest BCUT2D eigenvalue weighted by Crippen LogP contribution is -2.21. The van der Waals surface area contributed by atoms with Crippen LogP contribution in [-0.4, -0.2) is 29.6 Å². The van der Waals surface area contributed by atoms with Crippen molar-refractivity contribution < 1.29 is 14.3 Å². The number of esters is 1. The van der Waals surface area contributed by atoms with Crippen LogP contribution in [0.4, 0.5) is 0 Å². The van der Waals surface area contributed by atoms with E-state index in [-0.39, 0.29) is 11.4 Å². The molecule has 6 heteroatoms. The quantitative estimate of drug-likeness (QED) is 0.707. The number of hydrogen-bond donors (Lipinski definition) is 0. The predicted molar refractivity (Wildman–Crippen MR) is 59.4 cm³/mol. The molecule has 2 aromatic heterocycles. The number of carbonyl (C=O) groups excluding carboxylic acids is 1. The van der Waals surface area contributed by atoms with Crippen LogP contribution >= 0.6 is 0 Å². The molecule has 0 atom stereocenters. The number of nitrogens with zero attached hydrogens (tertiary/aromatic N) is 2. The molecule has 0 saturated heterocycles.